The van der Waals surface area contributed by atoms with Gasteiger partial charge in [0.2, 0.25) is 5.91 Å². The molecular weight excluding hydrogens is 312 g/mol. The molecule has 2 aromatic rings. The monoisotopic (exact) mass is 330 g/mol. The van der Waals surface area contributed by atoms with E-state index in [2.05, 4.69) is 5.32 Å². The van der Waals surface area contributed by atoms with Gasteiger partial charge in [-0.25, -0.2) is 4.79 Å². The van der Waals surface area contributed by atoms with Crippen molar-refractivity contribution >= 4 is 17.6 Å². The Hall–Kier alpha value is -3.09. The fraction of sp³-hybridized carbons (Fsp3) is 0.235. The maximum atomic E-state index is 12.1. The van der Waals surface area contributed by atoms with Gasteiger partial charge in [0.1, 0.15) is 6.54 Å². The molecule has 24 heavy (non-hydrogen) atoms. The molecule has 2 rings (SSSR count). The molecule has 0 saturated heterocycles. The average Bonchev–Trinajstić information content (AvgIpc) is 2.57. The van der Waals surface area contributed by atoms with Crippen molar-refractivity contribution in [3.63, 3.8) is 0 Å². The lowest BCUT2D eigenvalue weighted by atomic mass is 10.2. The van der Waals surface area contributed by atoms with Gasteiger partial charge in [-0.3, -0.25) is 9.59 Å². The van der Waals surface area contributed by atoms with Crippen LogP contribution in [0.3, 0.4) is 0 Å². The molecule has 7 heteroatoms. The maximum absolute atomic E-state index is 12.1. The number of esters is 1. The summed E-state index contributed by atoms with van der Waals surface area (Å²) in [6.07, 6.45) is 1.51. The second-order valence-electron chi connectivity index (χ2n) is 4.86. The Balaban J connectivity index is 2.02. The van der Waals surface area contributed by atoms with Gasteiger partial charge in [-0.2, -0.15) is 0 Å². The normalized spacial score (nSPS) is 10.1. The molecule has 0 radical (unpaired) electrons. The number of anilines is 1. The second kappa shape index (κ2) is 7.96. The standard InChI is InChI=1S/C17H18N2O5/c1-3-24-17(22)12-6-8-13(9-7-12)18-15(20)11-19-10-4-5-14(23-2)16(19)21/h4-10H,3,11H2,1-2H3,(H,18,20). The number of hydrogen-bond acceptors (Lipinski definition) is 5. The molecule has 0 atom stereocenters. The minimum absolute atomic E-state index is 0.143. The minimum Gasteiger partial charge on any atom is -0.491 e. The van der Waals surface area contributed by atoms with Crippen molar-refractivity contribution in [2.45, 2.75) is 13.5 Å². The Morgan fingerprint density at radius 2 is 1.88 bits per heavy atom. The van der Waals surface area contributed by atoms with Gasteiger partial charge in [0.05, 0.1) is 19.3 Å². The number of carbonyl (C=O) groups excluding carboxylic acids is 2. The average molecular weight is 330 g/mol. The van der Waals surface area contributed by atoms with Gasteiger partial charge in [-0.05, 0) is 43.3 Å². The van der Waals surface area contributed by atoms with Crippen LogP contribution in [-0.2, 0) is 16.1 Å². The number of nitrogens with one attached hydrogen (secondary N) is 1. The maximum Gasteiger partial charge on any atom is 0.338 e. The van der Waals surface area contributed by atoms with Crippen LogP contribution in [0.15, 0.2) is 47.4 Å². The Morgan fingerprint density at radius 1 is 1.17 bits per heavy atom. The molecule has 1 N–H and O–H groups in total. The van der Waals surface area contributed by atoms with Crippen molar-refractivity contribution in [3.05, 3.63) is 58.5 Å². The Kier molecular flexibility index (Phi) is 5.73. The highest BCUT2D eigenvalue weighted by molar-refractivity contribution is 5.93. The fourth-order valence-corrected chi connectivity index (χ4v) is 2.05. The summed E-state index contributed by atoms with van der Waals surface area (Å²) in [6.45, 7) is 1.88. The van der Waals surface area contributed by atoms with Crippen LogP contribution < -0.4 is 15.6 Å². The molecule has 0 fully saturated rings. The molecule has 0 aliphatic rings. The van der Waals surface area contributed by atoms with Crippen LogP contribution in [0.4, 0.5) is 5.69 Å². The zero-order valence-electron chi connectivity index (χ0n) is 13.4. The Bertz CT molecular complexity index is 780. The number of ether oxygens (including phenoxy) is 2. The number of carbonyl (C=O) groups is 2. The molecule has 0 saturated carbocycles. The molecule has 1 aromatic carbocycles. The topological polar surface area (TPSA) is 86.6 Å². The van der Waals surface area contributed by atoms with Gasteiger partial charge in [-0.1, -0.05) is 0 Å². The van der Waals surface area contributed by atoms with E-state index in [-0.39, 0.29) is 23.8 Å². The van der Waals surface area contributed by atoms with Crippen LogP contribution in [0.5, 0.6) is 5.75 Å². The van der Waals surface area contributed by atoms with Crippen molar-refractivity contribution in [1.82, 2.24) is 4.57 Å². The third kappa shape index (κ3) is 4.22. The summed E-state index contributed by atoms with van der Waals surface area (Å²) in [7, 11) is 1.40. The zero-order chi connectivity index (χ0) is 17.5. The number of amides is 1. The van der Waals surface area contributed by atoms with Crippen molar-refractivity contribution in [3.8, 4) is 5.75 Å². The molecule has 0 unspecified atom stereocenters. The molecule has 7 nitrogen and oxygen atoms in total. The summed E-state index contributed by atoms with van der Waals surface area (Å²) in [6, 6.07) is 9.47. The van der Waals surface area contributed by atoms with E-state index in [4.69, 9.17) is 9.47 Å². The van der Waals surface area contributed by atoms with Crippen LogP contribution in [-0.4, -0.2) is 30.2 Å². The van der Waals surface area contributed by atoms with Gasteiger partial charge in [0.25, 0.3) is 5.56 Å². The Labute approximate surface area is 138 Å². The Morgan fingerprint density at radius 3 is 2.50 bits per heavy atom. The van der Waals surface area contributed by atoms with Crippen LogP contribution in [0.25, 0.3) is 0 Å². The first-order valence-corrected chi connectivity index (χ1v) is 7.35. The van der Waals surface area contributed by atoms with Gasteiger partial charge >= 0.3 is 5.97 Å². The highest BCUT2D eigenvalue weighted by Crippen LogP contribution is 2.11. The zero-order valence-corrected chi connectivity index (χ0v) is 13.4. The number of nitrogens with zero attached hydrogens (tertiary/aromatic N) is 1. The summed E-state index contributed by atoms with van der Waals surface area (Å²) in [4.78, 5) is 35.6. The number of hydrogen-bond donors (Lipinski definition) is 1. The second-order valence-corrected chi connectivity index (χ2v) is 4.86. The van der Waals surface area contributed by atoms with Crippen molar-refractivity contribution in [1.29, 1.82) is 0 Å². The van der Waals surface area contributed by atoms with Crippen LogP contribution in [0.2, 0.25) is 0 Å². The predicted octanol–water partition coefficient (Wildman–Crippen LogP) is 1.67. The molecule has 1 aromatic heterocycles. The number of pyridine rings is 1. The summed E-state index contributed by atoms with van der Waals surface area (Å²) in [5, 5.41) is 2.66. The molecular formula is C17H18N2O5. The van der Waals surface area contributed by atoms with E-state index >= 15 is 0 Å². The highest BCUT2D eigenvalue weighted by atomic mass is 16.5. The molecule has 0 spiro atoms. The van der Waals surface area contributed by atoms with Crippen LogP contribution in [0, 0.1) is 0 Å². The quantitative estimate of drug-likeness (QED) is 0.814. The molecule has 0 aliphatic carbocycles. The molecule has 0 aliphatic heterocycles. The first-order valence-electron chi connectivity index (χ1n) is 7.35. The summed E-state index contributed by atoms with van der Waals surface area (Å²) < 4.78 is 11.1. The lowest BCUT2D eigenvalue weighted by Gasteiger charge is -2.09. The SMILES string of the molecule is CCOC(=O)c1ccc(NC(=O)Cn2cccc(OC)c2=O)cc1. The van der Waals surface area contributed by atoms with E-state index in [1.807, 2.05) is 0 Å². The summed E-state index contributed by atoms with van der Waals surface area (Å²) >= 11 is 0. The lowest BCUT2D eigenvalue weighted by molar-refractivity contribution is -0.116. The molecule has 126 valence electrons. The molecule has 0 bridgehead atoms. The van der Waals surface area contributed by atoms with E-state index in [0.29, 0.717) is 17.9 Å². The van der Waals surface area contributed by atoms with E-state index in [9.17, 15) is 14.4 Å². The molecule has 1 heterocycles. The van der Waals surface area contributed by atoms with E-state index in [1.165, 1.54) is 23.9 Å². The van der Waals surface area contributed by atoms with Crippen molar-refractivity contribution in [2.75, 3.05) is 19.0 Å². The number of methoxy groups -OCH3 is 1. The lowest BCUT2D eigenvalue weighted by Crippen LogP contribution is -2.27. The summed E-state index contributed by atoms with van der Waals surface area (Å²) in [5.41, 5.74) is 0.538. The largest absolute Gasteiger partial charge is 0.491 e. The fourth-order valence-electron chi connectivity index (χ4n) is 2.05. The summed E-state index contributed by atoms with van der Waals surface area (Å²) in [5.74, 6) is -0.614. The highest BCUT2D eigenvalue weighted by Gasteiger charge is 2.09. The smallest absolute Gasteiger partial charge is 0.338 e. The number of rotatable bonds is 6. The van der Waals surface area contributed by atoms with Crippen LogP contribution >= 0.6 is 0 Å². The third-order valence-electron chi connectivity index (χ3n) is 3.20. The van der Waals surface area contributed by atoms with Crippen LogP contribution in [0.1, 0.15) is 17.3 Å². The van der Waals surface area contributed by atoms with Gasteiger partial charge < -0.3 is 19.4 Å². The molecule has 1 amide bonds. The predicted molar refractivity (Wildman–Crippen MR) is 88.3 cm³/mol. The van der Waals surface area contributed by atoms with E-state index < -0.39 is 5.97 Å². The van der Waals surface area contributed by atoms with E-state index in [0.717, 1.165) is 0 Å². The van der Waals surface area contributed by atoms with Crippen molar-refractivity contribution < 1.29 is 19.1 Å². The van der Waals surface area contributed by atoms with Gasteiger partial charge in [-0.15, -0.1) is 0 Å². The third-order valence-corrected chi connectivity index (χ3v) is 3.20. The minimum atomic E-state index is -0.418. The van der Waals surface area contributed by atoms with Gasteiger partial charge in [0.15, 0.2) is 5.75 Å². The van der Waals surface area contributed by atoms with E-state index in [1.54, 1.807) is 37.3 Å². The van der Waals surface area contributed by atoms with Gasteiger partial charge in [0, 0.05) is 11.9 Å². The van der Waals surface area contributed by atoms with Crippen molar-refractivity contribution in [2.24, 2.45) is 0 Å². The number of benzene rings is 1. The first-order chi connectivity index (χ1) is 11.5. The first kappa shape index (κ1) is 17.3. The number of aromatic nitrogens is 1.